The molecule has 0 bridgehead atoms. The molecule has 0 radical (unpaired) electrons. The number of likely N-dealkylation sites (tertiary alicyclic amines) is 1. The molecule has 7 rings (SSSR count). The number of amides is 2. The van der Waals surface area contributed by atoms with Crippen molar-refractivity contribution in [2.75, 3.05) is 13.2 Å². The van der Waals surface area contributed by atoms with Crippen LogP contribution in [0.1, 0.15) is 63.8 Å². The fourth-order valence-electron chi connectivity index (χ4n) is 8.86. The third kappa shape index (κ3) is 6.89. The van der Waals surface area contributed by atoms with E-state index in [4.69, 9.17) is 9.16 Å². The Kier molecular flexibility index (Phi) is 10.5. The van der Waals surface area contributed by atoms with Gasteiger partial charge in [-0.1, -0.05) is 118 Å². The summed E-state index contributed by atoms with van der Waals surface area (Å²) in [6.07, 6.45) is 4.96. The summed E-state index contributed by atoms with van der Waals surface area (Å²) in [6, 6.07) is 32.6. The van der Waals surface area contributed by atoms with Gasteiger partial charge in [-0.15, -0.1) is 11.3 Å². The van der Waals surface area contributed by atoms with Crippen LogP contribution < -0.4 is 10.4 Å². The van der Waals surface area contributed by atoms with Crippen molar-refractivity contribution in [1.82, 2.24) is 4.90 Å². The van der Waals surface area contributed by atoms with Gasteiger partial charge in [-0.05, 0) is 81.4 Å². The summed E-state index contributed by atoms with van der Waals surface area (Å²) in [5.74, 6) is -0.888. The predicted molar refractivity (Wildman–Crippen MR) is 211 cm³/mol. The first-order valence-electron chi connectivity index (χ1n) is 18.5. The van der Waals surface area contributed by atoms with Crippen LogP contribution in [0.25, 0.3) is 6.08 Å². The number of ether oxygens (including phenoxy) is 1. The van der Waals surface area contributed by atoms with Gasteiger partial charge in [-0.2, -0.15) is 0 Å². The third-order valence-corrected chi connectivity index (χ3v) is 17.1. The molecule has 3 aromatic carbocycles. The molecule has 4 atom stereocenters. The van der Waals surface area contributed by atoms with Gasteiger partial charge < -0.3 is 14.3 Å². The van der Waals surface area contributed by atoms with Crippen LogP contribution in [0.4, 0.5) is 0 Å². The average Bonchev–Trinajstić information content (AvgIpc) is 3.87. The van der Waals surface area contributed by atoms with Crippen LogP contribution in [-0.4, -0.2) is 49.5 Å². The van der Waals surface area contributed by atoms with E-state index < -0.39 is 20.2 Å². The number of rotatable bonds is 12. The van der Waals surface area contributed by atoms with E-state index >= 15 is 0 Å². The van der Waals surface area contributed by atoms with Crippen molar-refractivity contribution in [3.8, 4) is 5.75 Å². The van der Waals surface area contributed by atoms with Gasteiger partial charge in [0.15, 0.2) is 0 Å². The van der Waals surface area contributed by atoms with Crippen molar-refractivity contribution in [2.24, 2.45) is 17.8 Å². The zero-order valence-corrected chi connectivity index (χ0v) is 32.4. The normalized spacial score (nSPS) is 22.2. The Hall–Kier alpha value is -4.08. The molecule has 0 saturated carbocycles. The van der Waals surface area contributed by atoms with Gasteiger partial charge in [0, 0.05) is 10.8 Å². The number of allylic oxidation sites excluding steroid dienone is 1. The average molecular weight is 732 g/mol. The van der Waals surface area contributed by atoms with Gasteiger partial charge in [0.05, 0.1) is 37.7 Å². The first-order valence-corrected chi connectivity index (χ1v) is 21.3. The standard InChI is InChI=1S/C44H49NO5SSi/c1-5-30(24-31-14-12-15-33(46)25-31)21-22-39-40-32(26-37-41(38(40)29-49-39)43(48)45(42(37)47)27-34-16-13-23-51-34)28-50-52(44(2,3)4,35-17-8-6-9-18-35)36-19-10-7-11-20-36/h6-20,23-25,37-39,41,46H,5,21-22,26-29H2,1-4H3/b30-24+/t37-,38+,39-,41-/m1/s1. The first-order chi connectivity index (χ1) is 25.1. The fraction of sp³-hybridized carbons (Fsp3) is 0.364. The number of phenols is 1. The largest absolute Gasteiger partial charge is 0.508 e. The van der Waals surface area contributed by atoms with E-state index in [9.17, 15) is 14.7 Å². The van der Waals surface area contributed by atoms with Crippen molar-refractivity contribution in [3.05, 3.63) is 130 Å². The number of carbonyl (C=O) groups is 2. The van der Waals surface area contributed by atoms with Crippen LogP contribution >= 0.6 is 11.3 Å². The fourth-order valence-corrected chi connectivity index (χ4v) is 14.1. The van der Waals surface area contributed by atoms with Gasteiger partial charge in [0.25, 0.3) is 8.32 Å². The summed E-state index contributed by atoms with van der Waals surface area (Å²) in [4.78, 5) is 30.8. The number of carbonyl (C=O) groups excluding carboxylic acids is 2. The zero-order chi connectivity index (χ0) is 36.5. The van der Waals surface area contributed by atoms with Crippen LogP contribution in [0.3, 0.4) is 0 Å². The highest BCUT2D eigenvalue weighted by molar-refractivity contribution is 7.09. The number of imide groups is 1. The molecule has 1 aliphatic carbocycles. The highest BCUT2D eigenvalue weighted by atomic mass is 32.1. The molecule has 6 nitrogen and oxygen atoms in total. The Bertz CT molecular complexity index is 1910. The molecule has 1 aromatic heterocycles. The minimum atomic E-state index is -2.88. The summed E-state index contributed by atoms with van der Waals surface area (Å²) in [5.41, 5.74) is 4.54. The molecular weight excluding hydrogens is 683 g/mol. The second kappa shape index (κ2) is 15.1. The third-order valence-electron chi connectivity index (χ3n) is 11.3. The SMILES string of the molecule is CC/C(=C\c1cccc(O)c1)CC[C@H]1OC[C@H]2C1=C(CO[Si](c1ccccc1)(c1ccccc1)C(C)(C)C)C[C@H]1C(=O)N(Cc3cccs3)C(=O)[C@H]12. The molecule has 2 aliphatic heterocycles. The molecule has 1 N–H and O–H groups in total. The summed E-state index contributed by atoms with van der Waals surface area (Å²) in [7, 11) is -2.88. The van der Waals surface area contributed by atoms with E-state index in [1.807, 2.05) is 29.6 Å². The monoisotopic (exact) mass is 731 g/mol. The maximum atomic E-state index is 14.2. The zero-order valence-electron chi connectivity index (χ0n) is 30.6. The van der Waals surface area contributed by atoms with Crippen LogP contribution in [0.5, 0.6) is 5.75 Å². The van der Waals surface area contributed by atoms with Crippen molar-refractivity contribution >= 4 is 47.9 Å². The second-order valence-corrected chi connectivity index (χ2v) is 20.7. The van der Waals surface area contributed by atoms with Crippen molar-refractivity contribution < 1.29 is 23.9 Å². The highest BCUT2D eigenvalue weighted by Crippen LogP contribution is 2.51. The van der Waals surface area contributed by atoms with Gasteiger partial charge in [-0.25, -0.2) is 0 Å². The molecule has 270 valence electrons. The molecule has 8 heteroatoms. The number of nitrogens with zero attached hydrogens (tertiary/aromatic N) is 1. The lowest BCUT2D eigenvalue weighted by molar-refractivity contribution is -0.140. The van der Waals surface area contributed by atoms with Gasteiger partial charge >= 0.3 is 0 Å². The number of hydrogen-bond acceptors (Lipinski definition) is 6. The quantitative estimate of drug-likeness (QED) is 0.0906. The van der Waals surface area contributed by atoms with Crippen LogP contribution in [0.2, 0.25) is 5.04 Å². The maximum absolute atomic E-state index is 14.2. The molecule has 52 heavy (non-hydrogen) atoms. The van der Waals surface area contributed by atoms with Crippen LogP contribution in [-0.2, 0) is 25.3 Å². The van der Waals surface area contributed by atoms with E-state index in [0.29, 0.717) is 26.2 Å². The van der Waals surface area contributed by atoms with Crippen LogP contribution in [0.15, 0.2) is 119 Å². The Morgan fingerprint density at radius 1 is 0.942 bits per heavy atom. The smallest absolute Gasteiger partial charge is 0.261 e. The Morgan fingerprint density at radius 2 is 1.65 bits per heavy atom. The van der Waals surface area contributed by atoms with E-state index in [2.05, 4.69) is 94.4 Å². The summed E-state index contributed by atoms with van der Waals surface area (Å²) < 4.78 is 14.2. The number of hydrogen-bond donors (Lipinski definition) is 1. The van der Waals surface area contributed by atoms with Gasteiger partial charge in [0.2, 0.25) is 11.8 Å². The highest BCUT2D eigenvalue weighted by Gasteiger charge is 2.58. The number of phenolic OH excluding ortho intramolecular Hbond substituents is 1. The lowest BCUT2D eigenvalue weighted by Crippen LogP contribution is -2.66. The molecule has 2 saturated heterocycles. The van der Waals surface area contributed by atoms with E-state index in [1.54, 1.807) is 23.5 Å². The molecule has 4 aromatic rings. The molecule has 0 unspecified atom stereocenters. The Labute approximate surface area is 312 Å². The minimum Gasteiger partial charge on any atom is -0.508 e. The van der Waals surface area contributed by atoms with Crippen LogP contribution in [0, 0.1) is 17.8 Å². The lowest BCUT2D eigenvalue weighted by atomic mass is 9.69. The summed E-state index contributed by atoms with van der Waals surface area (Å²) >= 11 is 1.57. The number of aromatic hydroxyl groups is 1. The number of fused-ring (bicyclic) bond motifs is 3. The van der Waals surface area contributed by atoms with Gasteiger partial charge in [0.1, 0.15) is 5.75 Å². The molecule has 3 aliphatic rings. The van der Waals surface area contributed by atoms with Crippen molar-refractivity contribution in [1.29, 1.82) is 0 Å². The summed E-state index contributed by atoms with van der Waals surface area (Å²) in [5, 5.41) is 14.3. The number of benzene rings is 3. The Balaban J connectivity index is 1.26. The molecule has 0 spiro atoms. The number of thiophene rings is 1. The molecule has 3 heterocycles. The van der Waals surface area contributed by atoms with Crippen molar-refractivity contribution in [2.45, 2.75) is 71.1 Å². The van der Waals surface area contributed by atoms with E-state index in [-0.39, 0.29) is 34.6 Å². The van der Waals surface area contributed by atoms with E-state index in [0.717, 1.165) is 35.3 Å². The lowest BCUT2D eigenvalue weighted by Gasteiger charge is -2.44. The summed E-state index contributed by atoms with van der Waals surface area (Å²) in [6.45, 7) is 10.1. The second-order valence-electron chi connectivity index (χ2n) is 15.4. The molecule has 2 amide bonds. The molecule has 2 fully saturated rings. The minimum absolute atomic E-state index is 0.0693. The maximum Gasteiger partial charge on any atom is 0.261 e. The molecular formula is C44H49NO5SSi. The van der Waals surface area contributed by atoms with Crippen molar-refractivity contribution in [3.63, 3.8) is 0 Å². The first kappa shape index (κ1) is 36.3. The topological polar surface area (TPSA) is 76.1 Å². The van der Waals surface area contributed by atoms with E-state index in [1.165, 1.54) is 26.4 Å². The van der Waals surface area contributed by atoms with Gasteiger partial charge in [-0.3, -0.25) is 14.5 Å². The Morgan fingerprint density at radius 3 is 2.27 bits per heavy atom. The predicted octanol–water partition coefficient (Wildman–Crippen LogP) is 8.12.